The minimum absolute atomic E-state index is 0.184. The van der Waals surface area contributed by atoms with Crippen LogP contribution in [0.25, 0.3) is 5.69 Å². The number of primary amides is 1. The van der Waals surface area contributed by atoms with E-state index in [0.717, 1.165) is 11.4 Å². The maximum absolute atomic E-state index is 12.7. The maximum Gasteiger partial charge on any atom is 0.255 e. The summed E-state index contributed by atoms with van der Waals surface area (Å²) in [5.74, 6) is 0.403. The normalized spacial score (nSPS) is 10.3. The molecule has 0 radical (unpaired) electrons. The molecule has 32 heavy (non-hydrogen) atoms. The lowest BCUT2D eigenvalue weighted by atomic mass is 10.1. The van der Waals surface area contributed by atoms with Crippen molar-refractivity contribution in [3.63, 3.8) is 0 Å². The summed E-state index contributed by atoms with van der Waals surface area (Å²) in [5.41, 5.74) is 6.96. The van der Waals surface area contributed by atoms with E-state index in [1.54, 1.807) is 18.0 Å². The number of carbonyl (C=O) groups excluding carboxylic acids is 2. The second-order valence-corrected chi connectivity index (χ2v) is 6.60. The van der Waals surface area contributed by atoms with E-state index in [1.807, 2.05) is 30.3 Å². The molecule has 0 saturated heterocycles. The largest absolute Gasteiger partial charge is 0.497 e. The molecule has 1 aromatic heterocycles. The van der Waals surface area contributed by atoms with E-state index in [1.165, 1.54) is 26.4 Å². The molecule has 10 heteroatoms. The number of nitrogens with one attached hydrogen (secondary N) is 1. The topological polar surface area (TPSA) is 127 Å². The fraction of sp³-hybridized carbons (Fsp3) is 0.227. The average molecular weight is 440 g/mol. The van der Waals surface area contributed by atoms with Crippen LogP contribution in [0.2, 0.25) is 0 Å². The van der Waals surface area contributed by atoms with Crippen molar-refractivity contribution < 1.29 is 28.5 Å². The molecule has 168 valence electrons. The number of ether oxygens (including phenoxy) is 4. The van der Waals surface area contributed by atoms with Crippen LogP contribution in [0.1, 0.15) is 16.1 Å². The van der Waals surface area contributed by atoms with Gasteiger partial charge in [0.05, 0.1) is 39.3 Å². The molecule has 1 heterocycles. The predicted octanol–water partition coefficient (Wildman–Crippen LogP) is 1.69. The van der Waals surface area contributed by atoms with Gasteiger partial charge in [0.2, 0.25) is 5.75 Å². The van der Waals surface area contributed by atoms with Crippen molar-refractivity contribution in [1.29, 1.82) is 0 Å². The van der Waals surface area contributed by atoms with Crippen molar-refractivity contribution in [3.8, 4) is 28.7 Å². The van der Waals surface area contributed by atoms with E-state index < -0.39 is 5.91 Å². The summed E-state index contributed by atoms with van der Waals surface area (Å²) in [6.07, 6.45) is 1.81. The zero-order valence-electron chi connectivity index (χ0n) is 18.0. The van der Waals surface area contributed by atoms with Crippen LogP contribution in [0.3, 0.4) is 0 Å². The third-order valence-corrected chi connectivity index (χ3v) is 4.49. The Balaban J connectivity index is 1.70. The smallest absolute Gasteiger partial charge is 0.255 e. The first-order valence-electron chi connectivity index (χ1n) is 9.59. The molecule has 0 aliphatic carbocycles. The monoisotopic (exact) mass is 440 g/mol. The van der Waals surface area contributed by atoms with Crippen LogP contribution in [0.15, 0.2) is 48.7 Å². The Hall–Kier alpha value is -4.21. The lowest BCUT2D eigenvalue weighted by Gasteiger charge is -2.15. The Morgan fingerprint density at radius 2 is 1.66 bits per heavy atom. The van der Waals surface area contributed by atoms with Gasteiger partial charge in [0, 0.05) is 11.8 Å². The van der Waals surface area contributed by atoms with Crippen molar-refractivity contribution in [2.24, 2.45) is 5.73 Å². The number of benzene rings is 2. The number of aromatic nitrogens is 2. The van der Waals surface area contributed by atoms with Crippen molar-refractivity contribution >= 4 is 11.8 Å². The van der Waals surface area contributed by atoms with E-state index in [9.17, 15) is 9.59 Å². The highest BCUT2D eigenvalue weighted by Gasteiger charge is 2.18. The lowest BCUT2D eigenvalue weighted by molar-refractivity contribution is -0.120. The Kier molecular flexibility index (Phi) is 7.17. The van der Waals surface area contributed by atoms with Gasteiger partial charge in [-0.15, -0.1) is 0 Å². The second kappa shape index (κ2) is 10.2. The van der Waals surface area contributed by atoms with Crippen molar-refractivity contribution in [2.45, 2.75) is 6.54 Å². The molecule has 0 unspecified atom stereocenters. The van der Waals surface area contributed by atoms with Crippen molar-refractivity contribution in [3.05, 3.63) is 59.9 Å². The van der Waals surface area contributed by atoms with Gasteiger partial charge in [-0.05, 0) is 42.5 Å². The number of hydrogen-bond donors (Lipinski definition) is 2. The van der Waals surface area contributed by atoms with Gasteiger partial charge in [-0.2, -0.15) is 5.10 Å². The van der Waals surface area contributed by atoms with E-state index in [4.69, 9.17) is 24.7 Å². The second-order valence-electron chi connectivity index (χ2n) is 6.60. The predicted molar refractivity (Wildman–Crippen MR) is 116 cm³/mol. The first-order chi connectivity index (χ1) is 15.4. The maximum atomic E-state index is 12.7. The van der Waals surface area contributed by atoms with Gasteiger partial charge in [0.1, 0.15) is 5.75 Å². The summed E-state index contributed by atoms with van der Waals surface area (Å²) in [4.78, 5) is 23.7. The van der Waals surface area contributed by atoms with E-state index in [2.05, 4.69) is 10.4 Å². The number of rotatable bonds is 10. The number of nitrogens with two attached hydrogens (primary N) is 1. The minimum atomic E-state index is -0.648. The molecule has 0 fully saturated rings. The average Bonchev–Trinajstić information content (AvgIpc) is 3.29. The molecule has 2 amide bonds. The molecule has 3 N–H and O–H groups in total. The van der Waals surface area contributed by atoms with Gasteiger partial charge < -0.3 is 30.0 Å². The molecular formula is C22H24N4O6. The van der Waals surface area contributed by atoms with Gasteiger partial charge in [-0.3, -0.25) is 9.59 Å². The number of hydrogen-bond acceptors (Lipinski definition) is 7. The molecule has 0 spiro atoms. The van der Waals surface area contributed by atoms with Gasteiger partial charge in [-0.1, -0.05) is 0 Å². The molecule has 0 saturated carbocycles. The van der Waals surface area contributed by atoms with Crippen LogP contribution in [0.5, 0.6) is 23.0 Å². The quantitative estimate of drug-likeness (QED) is 0.491. The summed E-state index contributed by atoms with van der Waals surface area (Å²) in [6, 6.07) is 12.2. The van der Waals surface area contributed by atoms with Crippen LogP contribution in [-0.2, 0) is 11.3 Å². The molecule has 0 aliphatic heterocycles. The number of amides is 2. The Morgan fingerprint density at radius 3 is 2.22 bits per heavy atom. The van der Waals surface area contributed by atoms with Crippen molar-refractivity contribution in [1.82, 2.24) is 15.1 Å². The lowest BCUT2D eigenvalue weighted by Crippen LogP contribution is -2.23. The third-order valence-electron chi connectivity index (χ3n) is 4.49. The molecule has 10 nitrogen and oxygen atoms in total. The van der Waals surface area contributed by atoms with Crippen LogP contribution in [-0.4, -0.2) is 49.5 Å². The molecule has 0 bridgehead atoms. The highest BCUT2D eigenvalue weighted by molar-refractivity contribution is 5.95. The third kappa shape index (κ3) is 5.28. The highest BCUT2D eigenvalue weighted by Crippen LogP contribution is 2.38. The Labute approximate surface area is 184 Å². The molecule has 0 atom stereocenters. The van der Waals surface area contributed by atoms with Crippen LogP contribution in [0, 0.1) is 0 Å². The molecule has 0 aliphatic rings. The SMILES string of the molecule is COc1ccc(-n2ccc(CNC(=O)c3cc(OC)c(OCC(N)=O)c(OC)c3)n2)cc1. The van der Waals surface area contributed by atoms with Gasteiger partial charge in [0.15, 0.2) is 18.1 Å². The van der Waals surface area contributed by atoms with Crippen LogP contribution in [0.4, 0.5) is 0 Å². The first-order valence-corrected chi connectivity index (χ1v) is 9.59. The summed E-state index contributed by atoms with van der Waals surface area (Å²) in [7, 11) is 4.44. The van der Waals surface area contributed by atoms with Gasteiger partial charge in [0.25, 0.3) is 11.8 Å². The van der Waals surface area contributed by atoms with Crippen molar-refractivity contribution in [2.75, 3.05) is 27.9 Å². The fourth-order valence-electron chi connectivity index (χ4n) is 2.90. The standard InChI is InChI=1S/C22H24N4O6/c1-29-17-6-4-16(5-7-17)26-9-8-15(25-26)12-24-22(28)14-10-18(30-2)21(19(11-14)31-3)32-13-20(23)27/h4-11H,12-13H2,1-3H3,(H2,23,27)(H,24,28). The van der Waals surface area contributed by atoms with E-state index in [0.29, 0.717) is 11.3 Å². The molecular weight excluding hydrogens is 416 g/mol. The number of methoxy groups -OCH3 is 3. The molecule has 2 aromatic carbocycles. The van der Waals surface area contributed by atoms with Gasteiger partial charge in [-0.25, -0.2) is 4.68 Å². The summed E-state index contributed by atoms with van der Waals surface area (Å²) in [5, 5.41) is 7.28. The highest BCUT2D eigenvalue weighted by atomic mass is 16.5. The van der Waals surface area contributed by atoms with E-state index in [-0.39, 0.29) is 36.3 Å². The summed E-state index contributed by atoms with van der Waals surface area (Å²) >= 11 is 0. The zero-order chi connectivity index (χ0) is 23.1. The summed E-state index contributed by atoms with van der Waals surface area (Å²) in [6.45, 7) is -0.137. The minimum Gasteiger partial charge on any atom is -0.497 e. The summed E-state index contributed by atoms with van der Waals surface area (Å²) < 4.78 is 22.8. The Bertz CT molecular complexity index is 1070. The fourth-order valence-corrected chi connectivity index (χ4v) is 2.90. The van der Waals surface area contributed by atoms with Crippen LogP contribution < -0.4 is 30.0 Å². The van der Waals surface area contributed by atoms with Crippen LogP contribution >= 0.6 is 0 Å². The Morgan fingerprint density at radius 1 is 1.00 bits per heavy atom. The number of nitrogens with zero attached hydrogens (tertiary/aromatic N) is 2. The first kappa shape index (κ1) is 22.5. The van der Waals surface area contributed by atoms with E-state index >= 15 is 0 Å². The van der Waals surface area contributed by atoms with Gasteiger partial charge >= 0.3 is 0 Å². The number of carbonyl (C=O) groups is 2. The molecule has 3 aromatic rings. The zero-order valence-corrected chi connectivity index (χ0v) is 18.0. The molecule has 3 rings (SSSR count).